The number of fused-ring (bicyclic) bond motifs is 1. The third kappa shape index (κ3) is 3.07. The summed E-state index contributed by atoms with van der Waals surface area (Å²) in [4.78, 5) is 4.75. The average Bonchev–Trinajstić information content (AvgIpc) is 2.79. The van der Waals surface area contributed by atoms with E-state index in [1.54, 1.807) is 0 Å². The Morgan fingerprint density at radius 3 is 2.71 bits per heavy atom. The van der Waals surface area contributed by atoms with Crippen LogP contribution in [-0.4, -0.2) is 15.4 Å². The van der Waals surface area contributed by atoms with Crippen LogP contribution < -0.4 is 0 Å². The summed E-state index contributed by atoms with van der Waals surface area (Å²) in [6.45, 7) is 3.40. The van der Waals surface area contributed by atoms with Crippen LogP contribution >= 0.6 is 23.2 Å². The first kappa shape index (κ1) is 15.2. The Kier molecular flexibility index (Phi) is 4.46. The fourth-order valence-corrected chi connectivity index (χ4v) is 4.02. The molecule has 1 aromatic carbocycles. The Morgan fingerprint density at radius 2 is 2.00 bits per heavy atom. The van der Waals surface area contributed by atoms with Crippen molar-refractivity contribution in [1.82, 2.24) is 9.55 Å². The minimum Gasteiger partial charge on any atom is -0.326 e. The molecule has 1 aliphatic rings. The van der Waals surface area contributed by atoms with E-state index in [4.69, 9.17) is 28.2 Å². The van der Waals surface area contributed by atoms with Crippen LogP contribution in [0.5, 0.6) is 0 Å². The van der Waals surface area contributed by atoms with Gasteiger partial charge in [0.1, 0.15) is 5.82 Å². The molecule has 1 aromatic heterocycles. The molecule has 0 spiro atoms. The van der Waals surface area contributed by atoms with Crippen LogP contribution in [0.15, 0.2) is 18.2 Å². The number of aryl methyl sites for hydroxylation is 1. The molecule has 0 radical (unpaired) electrons. The number of hydrogen-bond donors (Lipinski definition) is 0. The first-order valence-electron chi connectivity index (χ1n) is 7.83. The number of benzene rings is 1. The van der Waals surface area contributed by atoms with E-state index < -0.39 is 0 Å². The Bertz CT molecular complexity index is 627. The number of aromatic nitrogens is 2. The van der Waals surface area contributed by atoms with Crippen molar-refractivity contribution in [1.29, 1.82) is 0 Å². The summed E-state index contributed by atoms with van der Waals surface area (Å²) in [7, 11) is 0. The molecule has 2 aromatic rings. The summed E-state index contributed by atoms with van der Waals surface area (Å²) < 4.78 is 2.32. The maximum absolute atomic E-state index is 6.44. The van der Waals surface area contributed by atoms with Gasteiger partial charge in [0.05, 0.1) is 16.1 Å². The third-order valence-corrected chi connectivity index (χ3v) is 5.21. The number of nitrogens with zero attached hydrogens (tertiary/aromatic N) is 2. The van der Waals surface area contributed by atoms with Gasteiger partial charge in [-0.15, -0.1) is 11.6 Å². The Hall–Kier alpha value is -0.730. The zero-order chi connectivity index (χ0) is 14.9. The van der Waals surface area contributed by atoms with E-state index in [0.717, 1.165) is 34.8 Å². The van der Waals surface area contributed by atoms with E-state index in [1.807, 2.05) is 18.2 Å². The topological polar surface area (TPSA) is 17.8 Å². The Labute approximate surface area is 136 Å². The van der Waals surface area contributed by atoms with Gasteiger partial charge < -0.3 is 4.57 Å². The Morgan fingerprint density at radius 1 is 1.24 bits per heavy atom. The molecular formula is C17H22Cl2N2. The highest BCUT2D eigenvalue weighted by atomic mass is 35.5. The van der Waals surface area contributed by atoms with Crippen LogP contribution in [0.4, 0.5) is 0 Å². The summed E-state index contributed by atoms with van der Waals surface area (Å²) >= 11 is 12.4. The van der Waals surface area contributed by atoms with Crippen molar-refractivity contribution < 1.29 is 0 Å². The van der Waals surface area contributed by atoms with E-state index in [-0.39, 0.29) is 0 Å². The highest BCUT2D eigenvalue weighted by Gasteiger charge is 2.29. The predicted molar refractivity (Wildman–Crippen MR) is 90.4 cm³/mol. The molecule has 3 rings (SSSR count). The SMILES string of the molecule is CC1(Cn2c(CCCl)nc3cccc(Cl)c32)CCCCC1. The van der Waals surface area contributed by atoms with Crippen LogP contribution in [0.1, 0.15) is 44.9 Å². The molecular weight excluding hydrogens is 303 g/mol. The van der Waals surface area contributed by atoms with Crippen LogP contribution in [-0.2, 0) is 13.0 Å². The minimum absolute atomic E-state index is 0.353. The van der Waals surface area contributed by atoms with E-state index in [2.05, 4.69) is 11.5 Å². The lowest BCUT2D eigenvalue weighted by Gasteiger charge is -2.34. The van der Waals surface area contributed by atoms with E-state index >= 15 is 0 Å². The van der Waals surface area contributed by atoms with Crippen molar-refractivity contribution >= 4 is 34.2 Å². The standard InChI is InChI=1S/C17H22Cl2N2/c1-17(9-3-2-4-10-17)12-21-15(8-11-18)20-14-7-5-6-13(19)16(14)21/h5-7H,2-4,8-12H2,1H3. The van der Waals surface area contributed by atoms with Gasteiger partial charge in [-0.2, -0.15) is 0 Å². The molecule has 0 saturated heterocycles. The second kappa shape index (κ2) is 6.18. The number of halogens is 2. The molecule has 0 aliphatic heterocycles. The molecule has 21 heavy (non-hydrogen) atoms. The fraction of sp³-hybridized carbons (Fsp3) is 0.588. The highest BCUT2D eigenvalue weighted by Crippen LogP contribution is 2.39. The van der Waals surface area contributed by atoms with Crippen molar-refractivity contribution in [2.75, 3.05) is 5.88 Å². The van der Waals surface area contributed by atoms with Crippen LogP contribution in [0, 0.1) is 5.41 Å². The highest BCUT2D eigenvalue weighted by molar-refractivity contribution is 6.35. The molecule has 0 amide bonds. The fourth-order valence-electron chi connectivity index (χ4n) is 3.58. The zero-order valence-corrected chi connectivity index (χ0v) is 14.1. The van der Waals surface area contributed by atoms with Crippen molar-refractivity contribution in [3.8, 4) is 0 Å². The van der Waals surface area contributed by atoms with Gasteiger partial charge in [0.2, 0.25) is 0 Å². The maximum Gasteiger partial charge on any atom is 0.111 e. The molecule has 1 fully saturated rings. The molecule has 2 nitrogen and oxygen atoms in total. The predicted octanol–water partition coefficient (Wildman–Crippen LogP) is 5.44. The van der Waals surface area contributed by atoms with Gasteiger partial charge in [0, 0.05) is 18.8 Å². The van der Waals surface area contributed by atoms with E-state index in [9.17, 15) is 0 Å². The van der Waals surface area contributed by atoms with E-state index in [0.29, 0.717) is 11.3 Å². The molecule has 1 heterocycles. The number of hydrogen-bond acceptors (Lipinski definition) is 1. The lowest BCUT2D eigenvalue weighted by molar-refractivity contribution is 0.183. The first-order valence-corrected chi connectivity index (χ1v) is 8.74. The van der Waals surface area contributed by atoms with Crippen LogP contribution in [0.2, 0.25) is 5.02 Å². The molecule has 0 bridgehead atoms. The molecule has 1 saturated carbocycles. The monoisotopic (exact) mass is 324 g/mol. The minimum atomic E-state index is 0.353. The van der Waals surface area contributed by atoms with Crippen LogP contribution in [0.3, 0.4) is 0 Å². The first-order chi connectivity index (χ1) is 10.1. The summed E-state index contributed by atoms with van der Waals surface area (Å²) in [5.74, 6) is 1.66. The second-order valence-electron chi connectivity index (χ2n) is 6.53. The molecule has 114 valence electrons. The number of para-hydroxylation sites is 1. The van der Waals surface area contributed by atoms with Gasteiger partial charge >= 0.3 is 0 Å². The summed E-state index contributed by atoms with van der Waals surface area (Å²) in [5, 5.41) is 0.792. The lowest BCUT2D eigenvalue weighted by Crippen LogP contribution is -2.27. The van der Waals surface area contributed by atoms with Gasteiger partial charge in [0.25, 0.3) is 0 Å². The normalized spacial score (nSPS) is 18.2. The quantitative estimate of drug-likeness (QED) is 0.684. The maximum atomic E-state index is 6.44. The lowest BCUT2D eigenvalue weighted by atomic mass is 9.75. The largest absolute Gasteiger partial charge is 0.326 e. The van der Waals surface area contributed by atoms with Gasteiger partial charge in [-0.25, -0.2) is 4.98 Å². The van der Waals surface area contributed by atoms with E-state index in [1.165, 1.54) is 32.1 Å². The van der Waals surface area contributed by atoms with Gasteiger partial charge in [-0.1, -0.05) is 43.9 Å². The summed E-state index contributed by atoms with van der Waals surface area (Å²) in [5.41, 5.74) is 2.42. The zero-order valence-electron chi connectivity index (χ0n) is 12.5. The van der Waals surface area contributed by atoms with Crippen molar-refractivity contribution in [3.63, 3.8) is 0 Å². The van der Waals surface area contributed by atoms with Crippen LogP contribution in [0.25, 0.3) is 11.0 Å². The average molecular weight is 325 g/mol. The second-order valence-corrected chi connectivity index (χ2v) is 7.32. The van der Waals surface area contributed by atoms with Gasteiger partial charge in [-0.05, 0) is 30.4 Å². The molecule has 0 unspecified atom stereocenters. The van der Waals surface area contributed by atoms with Crippen molar-refractivity contribution in [2.24, 2.45) is 5.41 Å². The molecule has 0 N–H and O–H groups in total. The smallest absolute Gasteiger partial charge is 0.111 e. The molecule has 4 heteroatoms. The van der Waals surface area contributed by atoms with Gasteiger partial charge in [0.15, 0.2) is 0 Å². The number of alkyl halides is 1. The summed E-state index contributed by atoms with van der Waals surface area (Å²) in [6, 6.07) is 5.96. The summed E-state index contributed by atoms with van der Waals surface area (Å²) in [6.07, 6.45) is 7.41. The molecule has 0 atom stereocenters. The Balaban J connectivity index is 2.04. The van der Waals surface area contributed by atoms with Crippen molar-refractivity contribution in [2.45, 2.75) is 52.0 Å². The van der Waals surface area contributed by atoms with Crippen molar-refractivity contribution in [3.05, 3.63) is 29.0 Å². The molecule has 1 aliphatic carbocycles. The number of rotatable bonds is 4. The van der Waals surface area contributed by atoms with Gasteiger partial charge in [-0.3, -0.25) is 0 Å². The third-order valence-electron chi connectivity index (χ3n) is 4.72. The number of imidazole rings is 1.